The highest BCUT2D eigenvalue weighted by Crippen LogP contribution is 2.17. The molecule has 2 rings (SSSR count). The van der Waals surface area contributed by atoms with Gasteiger partial charge in [-0.25, -0.2) is 0 Å². The van der Waals surface area contributed by atoms with Crippen LogP contribution in [-0.2, 0) is 0 Å². The Labute approximate surface area is 137 Å². The summed E-state index contributed by atoms with van der Waals surface area (Å²) >= 11 is 0. The summed E-state index contributed by atoms with van der Waals surface area (Å²) in [6, 6.07) is 15.0. The Morgan fingerprint density at radius 2 is 1.78 bits per heavy atom. The van der Waals surface area contributed by atoms with Gasteiger partial charge >= 0.3 is 0 Å². The van der Waals surface area contributed by atoms with E-state index in [1.807, 2.05) is 12.1 Å². The van der Waals surface area contributed by atoms with Gasteiger partial charge in [-0.15, -0.1) is 0 Å². The molecule has 0 aliphatic rings. The van der Waals surface area contributed by atoms with Gasteiger partial charge in [-0.3, -0.25) is 4.79 Å². The van der Waals surface area contributed by atoms with E-state index in [1.54, 1.807) is 31.4 Å². The van der Waals surface area contributed by atoms with Crippen molar-refractivity contribution in [2.75, 3.05) is 13.7 Å². The molecule has 0 saturated heterocycles. The highest BCUT2D eigenvalue weighted by atomic mass is 16.5. The van der Waals surface area contributed by atoms with E-state index in [0.717, 1.165) is 5.56 Å². The summed E-state index contributed by atoms with van der Waals surface area (Å²) in [6.45, 7) is 4.70. The van der Waals surface area contributed by atoms with E-state index in [-0.39, 0.29) is 11.9 Å². The van der Waals surface area contributed by atoms with Crippen LogP contribution in [0.4, 0.5) is 0 Å². The van der Waals surface area contributed by atoms with E-state index < -0.39 is 0 Å². The van der Waals surface area contributed by atoms with Gasteiger partial charge in [0.15, 0.2) is 0 Å². The average Bonchev–Trinajstić information content (AvgIpc) is 2.59. The lowest BCUT2D eigenvalue weighted by Crippen LogP contribution is -2.31. The second-order valence-electron chi connectivity index (χ2n) is 5.87. The predicted octanol–water partition coefficient (Wildman–Crippen LogP) is 3.25. The Balaban J connectivity index is 1.95. The highest BCUT2D eigenvalue weighted by Gasteiger charge is 2.11. The quantitative estimate of drug-likeness (QED) is 0.860. The van der Waals surface area contributed by atoms with Gasteiger partial charge in [0.2, 0.25) is 0 Å². The van der Waals surface area contributed by atoms with E-state index in [9.17, 15) is 4.79 Å². The number of amides is 1. The van der Waals surface area contributed by atoms with Crippen molar-refractivity contribution in [2.24, 2.45) is 5.73 Å². The lowest BCUT2D eigenvalue weighted by molar-refractivity contribution is 0.0951. The molecule has 2 aromatic rings. The zero-order valence-corrected chi connectivity index (χ0v) is 13.9. The van der Waals surface area contributed by atoms with Crippen LogP contribution in [0.15, 0.2) is 48.5 Å². The molecule has 3 N–H and O–H groups in total. The normalized spacial score (nSPS) is 12.0. The van der Waals surface area contributed by atoms with Crippen LogP contribution >= 0.6 is 0 Å². The zero-order valence-electron chi connectivity index (χ0n) is 13.9. The minimum Gasteiger partial charge on any atom is -0.497 e. The van der Waals surface area contributed by atoms with Gasteiger partial charge in [0.25, 0.3) is 5.91 Å². The topological polar surface area (TPSA) is 64.3 Å². The van der Waals surface area contributed by atoms with Gasteiger partial charge in [-0.1, -0.05) is 44.2 Å². The van der Waals surface area contributed by atoms with E-state index in [2.05, 4.69) is 31.3 Å². The van der Waals surface area contributed by atoms with Gasteiger partial charge in [0.05, 0.1) is 7.11 Å². The van der Waals surface area contributed by atoms with Gasteiger partial charge in [-0.05, 0) is 35.2 Å². The molecule has 0 aliphatic heterocycles. The van der Waals surface area contributed by atoms with Crippen LogP contribution in [0.1, 0.15) is 47.3 Å². The number of carbonyl (C=O) groups excluding carboxylic acids is 1. The van der Waals surface area contributed by atoms with Crippen molar-refractivity contribution in [1.82, 2.24) is 5.32 Å². The fourth-order valence-corrected chi connectivity index (χ4v) is 2.31. The highest BCUT2D eigenvalue weighted by molar-refractivity contribution is 5.94. The van der Waals surface area contributed by atoms with Crippen molar-refractivity contribution in [2.45, 2.75) is 25.8 Å². The van der Waals surface area contributed by atoms with Crippen molar-refractivity contribution < 1.29 is 9.53 Å². The molecule has 0 heterocycles. The number of carbonyl (C=O) groups is 1. The number of hydrogen-bond donors (Lipinski definition) is 2. The number of hydrogen-bond acceptors (Lipinski definition) is 3. The molecule has 0 radical (unpaired) electrons. The molecule has 0 aliphatic carbocycles. The van der Waals surface area contributed by atoms with Crippen LogP contribution in [0.25, 0.3) is 0 Å². The summed E-state index contributed by atoms with van der Waals surface area (Å²) in [4.78, 5) is 12.2. The third kappa shape index (κ3) is 4.57. The van der Waals surface area contributed by atoms with Crippen LogP contribution in [-0.4, -0.2) is 19.6 Å². The SMILES string of the molecule is COc1cccc(C(=O)NCC(N)c2ccc(C(C)C)cc2)c1. The summed E-state index contributed by atoms with van der Waals surface area (Å²) < 4.78 is 5.13. The fraction of sp³-hybridized carbons (Fsp3) is 0.316. The lowest BCUT2D eigenvalue weighted by Gasteiger charge is -2.15. The van der Waals surface area contributed by atoms with Gasteiger partial charge < -0.3 is 15.8 Å². The van der Waals surface area contributed by atoms with Crippen LogP contribution < -0.4 is 15.8 Å². The van der Waals surface area contributed by atoms with Crippen LogP contribution in [0.3, 0.4) is 0 Å². The molecular weight excluding hydrogens is 288 g/mol. The van der Waals surface area contributed by atoms with Crippen molar-refractivity contribution in [1.29, 1.82) is 0 Å². The zero-order chi connectivity index (χ0) is 16.8. The molecule has 1 unspecified atom stereocenters. The maximum Gasteiger partial charge on any atom is 0.251 e. The smallest absolute Gasteiger partial charge is 0.251 e. The predicted molar refractivity (Wildman–Crippen MR) is 92.8 cm³/mol. The van der Waals surface area contributed by atoms with Crippen LogP contribution in [0, 0.1) is 0 Å². The number of nitrogens with two attached hydrogens (primary N) is 1. The van der Waals surface area contributed by atoms with E-state index >= 15 is 0 Å². The van der Waals surface area contributed by atoms with Crippen molar-refractivity contribution in [3.8, 4) is 5.75 Å². The van der Waals surface area contributed by atoms with Crippen molar-refractivity contribution >= 4 is 5.91 Å². The third-order valence-corrected chi connectivity index (χ3v) is 3.85. The number of benzene rings is 2. The second kappa shape index (κ2) is 7.79. The Morgan fingerprint density at radius 3 is 2.39 bits per heavy atom. The summed E-state index contributed by atoms with van der Waals surface area (Å²) in [5.74, 6) is 0.998. The summed E-state index contributed by atoms with van der Waals surface area (Å²) in [5, 5.41) is 2.87. The molecule has 1 atom stereocenters. The molecule has 122 valence electrons. The molecule has 0 spiro atoms. The summed E-state index contributed by atoms with van der Waals surface area (Å²) in [7, 11) is 1.58. The number of rotatable bonds is 6. The minimum absolute atomic E-state index is 0.154. The third-order valence-electron chi connectivity index (χ3n) is 3.85. The first-order valence-electron chi connectivity index (χ1n) is 7.79. The van der Waals surface area contributed by atoms with Crippen molar-refractivity contribution in [3.05, 3.63) is 65.2 Å². The average molecular weight is 312 g/mol. The molecule has 0 fully saturated rings. The first-order chi connectivity index (χ1) is 11.0. The Kier molecular flexibility index (Phi) is 5.77. The van der Waals surface area contributed by atoms with E-state index in [0.29, 0.717) is 23.8 Å². The fourth-order valence-electron chi connectivity index (χ4n) is 2.31. The molecule has 0 bridgehead atoms. The van der Waals surface area contributed by atoms with Crippen LogP contribution in [0.2, 0.25) is 0 Å². The number of ether oxygens (including phenoxy) is 1. The summed E-state index contributed by atoms with van der Waals surface area (Å²) in [6.07, 6.45) is 0. The number of nitrogens with one attached hydrogen (secondary N) is 1. The van der Waals surface area contributed by atoms with Gasteiger partial charge in [0.1, 0.15) is 5.75 Å². The molecule has 0 aromatic heterocycles. The van der Waals surface area contributed by atoms with E-state index in [1.165, 1.54) is 5.56 Å². The molecule has 4 heteroatoms. The molecule has 23 heavy (non-hydrogen) atoms. The van der Waals surface area contributed by atoms with Gasteiger partial charge in [-0.2, -0.15) is 0 Å². The van der Waals surface area contributed by atoms with Crippen molar-refractivity contribution in [3.63, 3.8) is 0 Å². The maximum absolute atomic E-state index is 12.2. The molecule has 4 nitrogen and oxygen atoms in total. The molecule has 0 saturated carbocycles. The Hall–Kier alpha value is -2.33. The minimum atomic E-state index is -0.231. The second-order valence-corrected chi connectivity index (χ2v) is 5.87. The van der Waals surface area contributed by atoms with Gasteiger partial charge in [0, 0.05) is 18.2 Å². The lowest BCUT2D eigenvalue weighted by atomic mass is 9.99. The largest absolute Gasteiger partial charge is 0.497 e. The maximum atomic E-state index is 12.2. The van der Waals surface area contributed by atoms with Crippen LogP contribution in [0.5, 0.6) is 5.75 Å². The number of methoxy groups -OCH3 is 1. The first-order valence-corrected chi connectivity index (χ1v) is 7.79. The first kappa shape index (κ1) is 17.0. The molecule has 1 amide bonds. The monoisotopic (exact) mass is 312 g/mol. The van der Waals surface area contributed by atoms with E-state index in [4.69, 9.17) is 10.5 Å². The Morgan fingerprint density at radius 1 is 1.13 bits per heavy atom. The standard InChI is InChI=1S/C19H24N2O2/c1-13(2)14-7-9-15(10-8-14)18(20)12-21-19(22)16-5-4-6-17(11-16)23-3/h4-11,13,18H,12,20H2,1-3H3,(H,21,22). The summed E-state index contributed by atoms with van der Waals surface area (Å²) in [5.41, 5.74) is 9.02. The molecular formula is C19H24N2O2. The molecule has 2 aromatic carbocycles. The Bertz CT molecular complexity index is 651.